The molecular formula is C42H24N6O3. The molecule has 10 rings (SSSR count). The van der Waals surface area contributed by atoms with Crippen LogP contribution in [-0.4, -0.2) is 30.6 Å². The summed E-state index contributed by atoms with van der Waals surface area (Å²) in [6.45, 7) is 0. The van der Waals surface area contributed by atoms with Crippen molar-refractivity contribution in [3.63, 3.8) is 0 Å². The molecule has 0 radical (unpaired) electrons. The number of hydrogen-bond acceptors (Lipinski definition) is 9. The Bertz CT molecular complexity index is 2760. The summed E-state index contributed by atoms with van der Waals surface area (Å²) in [6, 6.07) is 48.0. The molecule has 0 aliphatic rings. The van der Waals surface area contributed by atoms with E-state index in [1.165, 1.54) is 0 Å². The van der Waals surface area contributed by atoms with E-state index in [1.54, 1.807) is 0 Å². The zero-order chi connectivity index (χ0) is 33.7. The number of hydrogen-bond donors (Lipinski definition) is 0. The summed E-state index contributed by atoms with van der Waals surface area (Å²) in [7, 11) is 0. The Kier molecular flexibility index (Phi) is 6.60. The summed E-state index contributed by atoms with van der Waals surface area (Å²) in [5.74, 6) is 2.13. The van der Waals surface area contributed by atoms with Gasteiger partial charge in [0.25, 0.3) is 0 Å². The van der Waals surface area contributed by atoms with Gasteiger partial charge in [0.2, 0.25) is 35.3 Å². The highest BCUT2D eigenvalue weighted by Crippen LogP contribution is 2.37. The molecule has 10 aromatic rings. The normalized spacial score (nSPS) is 11.5. The van der Waals surface area contributed by atoms with Gasteiger partial charge in [-0.1, -0.05) is 103 Å². The fraction of sp³-hybridized carbons (Fsp3) is 0. The van der Waals surface area contributed by atoms with E-state index in [-0.39, 0.29) is 0 Å². The van der Waals surface area contributed by atoms with Crippen LogP contribution in [0.4, 0.5) is 0 Å². The van der Waals surface area contributed by atoms with Gasteiger partial charge in [0.1, 0.15) is 0 Å². The van der Waals surface area contributed by atoms with Crippen LogP contribution in [0.2, 0.25) is 0 Å². The first-order valence-electron chi connectivity index (χ1n) is 16.4. The Morgan fingerprint density at radius 3 is 1.20 bits per heavy atom. The third kappa shape index (κ3) is 5.12. The Labute approximate surface area is 289 Å². The van der Waals surface area contributed by atoms with Crippen molar-refractivity contribution in [3.8, 4) is 68.7 Å². The topological polar surface area (TPSA) is 117 Å². The lowest BCUT2D eigenvalue weighted by molar-refractivity contribution is 0.581. The smallest absolute Gasteiger partial charge is 0.248 e. The number of rotatable bonds is 6. The van der Waals surface area contributed by atoms with Crippen molar-refractivity contribution < 1.29 is 13.3 Å². The third-order valence-corrected chi connectivity index (χ3v) is 8.99. The van der Waals surface area contributed by atoms with Crippen LogP contribution in [0.15, 0.2) is 159 Å². The molecule has 7 aromatic carbocycles. The van der Waals surface area contributed by atoms with Crippen molar-refractivity contribution in [1.29, 1.82) is 0 Å². The summed E-state index contributed by atoms with van der Waals surface area (Å²) < 4.78 is 18.9. The zero-order valence-electron chi connectivity index (χ0n) is 26.8. The summed E-state index contributed by atoms with van der Waals surface area (Å²) in [5, 5.41) is 33.0. The van der Waals surface area contributed by atoms with E-state index in [2.05, 4.69) is 67.0 Å². The Morgan fingerprint density at radius 1 is 0.275 bits per heavy atom. The van der Waals surface area contributed by atoms with Crippen LogP contribution in [0.5, 0.6) is 0 Å². The van der Waals surface area contributed by atoms with Gasteiger partial charge in [-0.2, -0.15) is 0 Å². The molecular weight excluding hydrogens is 637 g/mol. The average Bonchev–Trinajstić information content (AvgIpc) is 4.00. The molecule has 0 saturated heterocycles. The highest BCUT2D eigenvalue weighted by molar-refractivity contribution is 5.96. The first kappa shape index (κ1) is 28.7. The van der Waals surface area contributed by atoms with E-state index in [4.69, 9.17) is 13.3 Å². The van der Waals surface area contributed by atoms with E-state index in [0.29, 0.717) is 52.0 Å². The Morgan fingerprint density at radius 2 is 0.667 bits per heavy atom. The zero-order valence-corrected chi connectivity index (χ0v) is 26.8. The molecule has 0 aliphatic carbocycles. The van der Waals surface area contributed by atoms with E-state index >= 15 is 0 Å². The van der Waals surface area contributed by atoms with Gasteiger partial charge in [-0.05, 0) is 74.8 Å². The molecule has 0 fully saturated rings. The number of fused-ring (bicyclic) bond motifs is 3. The molecule has 0 bridgehead atoms. The molecule has 0 spiro atoms. The lowest BCUT2D eigenvalue weighted by atomic mass is 10.0. The van der Waals surface area contributed by atoms with Gasteiger partial charge < -0.3 is 13.3 Å². The maximum Gasteiger partial charge on any atom is 0.248 e. The van der Waals surface area contributed by atoms with Crippen LogP contribution in [0.1, 0.15) is 0 Å². The van der Waals surface area contributed by atoms with Crippen LogP contribution >= 0.6 is 0 Å². The molecule has 0 unspecified atom stereocenters. The van der Waals surface area contributed by atoms with Crippen molar-refractivity contribution in [2.45, 2.75) is 0 Å². The van der Waals surface area contributed by atoms with E-state index in [1.807, 2.05) is 109 Å². The molecule has 0 saturated carbocycles. The third-order valence-electron chi connectivity index (χ3n) is 8.99. The van der Waals surface area contributed by atoms with Gasteiger partial charge in [0, 0.05) is 33.4 Å². The Balaban J connectivity index is 1.09. The minimum Gasteiger partial charge on any atom is -0.416 e. The van der Waals surface area contributed by atoms with Gasteiger partial charge in [-0.3, -0.25) is 0 Å². The molecule has 0 amide bonds. The van der Waals surface area contributed by atoms with Gasteiger partial charge in [-0.25, -0.2) is 0 Å². The predicted molar refractivity (Wildman–Crippen MR) is 195 cm³/mol. The second kappa shape index (κ2) is 11.7. The molecule has 3 aromatic heterocycles. The van der Waals surface area contributed by atoms with Crippen LogP contribution in [0.25, 0.3) is 101 Å². The summed E-state index contributed by atoms with van der Waals surface area (Å²) in [6.07, 6.45) is 0. The number of nitrogens with zero attached hydrogens (tertiary/aromatic N) is 6. The number of aromatic nitrogens is 6. The van der Waals surface area contributed by atoms with E-state index < -0.39 is 0 Å². The van der Waals surface area contributed by atoms with Crippen LogP contribution in [-0.2, 0) is 0 Å². The largest absolute Gasteiger partial charge is 0.416 e. The quantitative estimate of drug-likeness (QED) is 0.172. The minimum atomic E-state index is 0.309. The maximum absolute atomic E-state index is 6.33. The second-order valence-corrected chi connectivity index (χ2v) is 12.2. The summed E-state index contributed by atoms with van der Waals surface area (Å²) in [4.78, 5) is 0. The molecule has 240 valence electrons. The summed E-state index contributed by atoms with van der Waals surface area (Å²) >= 11 is 0. The first-order chi connectivity index (χ1) is 25.2. The van der Waals surface area contributed by atoms with Gasteiger partial charge in [0.05, 0.1) is 0 Å². The van der Waals surface area contributed by atoms with Gasteiger partial charge >= 0.3 is 0 Å². The Hall–Kier alpha value is -7.26. The molecule has 9 nitrogen and oxygen atoms in total. The molecule has 9 heteroatoms. The van der Waals surface area contributed by atoms with E-state index in [9.17, 15) is 0 Å². The first-order valence-corrected chi connectivity index (χ1v) is 16.4. The SMILES string of the molecule is c1ccc2cc(-c3nnc(-c4cc(-c5nnc(-c6cccc7ccccc67)o5)cc(-c5nnc(-c6cccc7ccccc67)o5)c4)o3)ccc2c1. The van der Waals surface area contributed by atoms with Crippen LogP contribution < -0.4 is 0 Å². The van der Waals surface area contributed by atoms with Gasteiger partial charge in [-0.15, -0.1) is 30.6 Å². The fourth-order valence-corrected chi connectivity index (χ4v) is 6.50. The van der Waals surface area contributed by atoms with Crippen molar-refractivity contribution in [3.05, 3.63) is 146 Å². The highest BCUT2D eigenvalue weighted by atomic mass is 16.4. The van der Waals surface area contributed by atoms with Gasteiger partial charge in [0.15, 0.2) is 0 Å². The number of benzene rings is 7. The van der Waals surface area contributed by atoms with E-state index in [0.717, 1.165) is 49.0 Å². The van der Waals surface area contributed by atoms with Crippen molar-refractivity contribution in [1.82, 2.24) is 30.6 Å². The fourth-order valence-electron chi connectivity index (χ4n) is 6.50. The lowest BCUT2D eigenvalue weighted by Gasteiger charge is -2.04. The van der Waals surface area contributed by atoms with Crippen molar-refractivity contribution in [2.75, 3.05) is 0 Å². The summed E-state index contributed by atoms with van der Waals surface area (Å²) in [5.41, 5.74) is 4.37. The molecule has 51 heavy (non-hydrogen) atoms. The van der Waals surface area contributed by atoms with Crippen molar-refractivity contribution >= 4 is 32.3 Å². The predicted octanol–water partition coefficient (Wildman–Crippen LogP) is 10.3. The standard InChI is InChI=1S/C42H24N6O3/c1-2-12-28-21-29(20-19-25(28)9-1)37-43-44-38(49-37)30-22-31(39-45-47-41(50-39)35-17-7-13-26-10-3-5-15-33(26)35)24-32(23-30)40-46-48-42(51-40)36-18-8-14-27-11-4-6-16-34(27)36/h1-24H. The molecule has 0 atom stereocenters. The minimum absolute atomic E-state index is 0.309. The lowest BCUT2D eigenvalue weighted by Crippen LogP contribution is -1.87. The highest BCUT2D eigenvalue weighted by Gasteiger charge is 2.21. The molecule has 0 N–H and O–H groups in total. The van der Waals surface area contributed by atoms with Crippen LogP contribution in [0.3, 0.4) is 0 Å². The van der Waals surface area contributed by atoms with Crippen molar-refractivity contribution in [2.24, 2.45) is 0 Å². The van der Waals surface area contributed by atoms with Crippen LogP contribution in [0, 0.1) is 0 Å². The molecule has 0 aliphatic heterocycles. The average molecular weight is 661 g/mol. The molecule has 3 heterocycles. The second-order valence-electron chi connectivity index (χ2n) is 12.2. The maximum atomic E-state index is 6.33. The monoisotopic (exact) mass is 660 g/mol.